The van der Waals surface area contributed by atoms with E-state index >= 15 is 0 Å². The zero-order chi connectivity index (χ0) is 49.4. The molecule has 0 bridgehead atoms. The van der Waals surface area contributed by atoms with Gasteiger partial charge in [0.05, 0.1) is 25.4 Å². The number of hydrogen-bond acceptors (Lipinski definition) is 8. The first-order chi connectivity index (χ1) is 33.3. The number of amides is 1. The van der Waals surface area contributed by atoms with E-state index in [0.717, 1.165) is 44.9 Å². The van der Waals surface area contributed by atoms with E-state index in [0.29, 0.717) is 6.42 Å². The van der Waals surface area contributed by atoms with Crippen LogP contribution in [0, 0.1) is 0 Å². The normalized spacial score (nSPS) is 19.9. The summed E-state index contributed by atoms with van der Waals surface area (Å²) < 4.78 is 11.2. The predicted molar refractivity (Wildman–Crippen MR) is 286 cm³/mol. The summed E-state index contributed by atoms with van der Waals surface area (Å²) >= 11 is 0. The molecule has 7 unspecified atom stereocenters. The number of aliphatic hydroxyl groups is 5. The topological polar surface area (TPSA) is 149 Å². The maximum Gasteiger partial charge on any atom is 0.220 e. The molecule has 1 amide bonds. The molecule has 1 rings (SSSR count). The van der Waals surface area contributed by atoms with Crippen molar-refractivity contribution in [3.63, 3.8) is 0 Å². The molecule has 398 valence electrons. The molecule has 68 heavy (non-hydrogen) atoms. The maximum atomic E-state index is 13.0. The van der Waals surface area contributed by atoms with Crippen molar-refractivity contribution in [1.82, 2.24) is 5.32 Å². The third kappa shape index (κ3) is 37.9. The Bertz CT molecular complexity index is 1210. The van der Waals surface area contributed by atoms with Crippen LogP contribution < -0.4 is 5.32 Å². The van der Waals surface area contributed by atoms with Gasteiger partial charge in [-0.15, -0.1) is 0 Å². The SMILES string of the molecule is CCCCCCCCCCC/C=C/CC/C=C/CC/C=C/C(O)C(COC1OC(CO)C(O)C(O)C1O)NC(=O)CCCCCCCCCCCC/C=C\CCCCCCCCCCCCCC. The molecule has 1 fully saturated rings. The van der Waals surface area contributed by atoms with Crippen molar-refractivity contribution in [3.05, 3.63) is 48.6 Å². The Morgan fingerprint density at radius 1 is 0.485 bits per heavy atom. The summed E-state index contributed by atoms with van der Waals surface area (Å²) in [5, 5.41) is 54.4. The number of ether oxygens (including phenoxy) is 2. The Morgan fingerprint density at radius 2 is 0.838 bits per heavy atom. The smallest absolute Gasteiger partial charge is 0.220 e. The average Bonchev–Trinajstić information content (AvgIpc) is 3.34. The maximum absolute atomic E-state index is 13.0. The Balaban J connectivity index is 2.25. The quantitative estimate of drug-likeness (QED) is 0.0261. The molecule has 0 saturated carbocycles. The van der Waals surface area contributed by atoms with Crippen LogP contribution in [0.3, 0.4) is 0 Å². The minimum Gasteiger partial charge on any atom is -0.394 e. The van der Waals surface area contributed by atoms with Crippen molar-refractivity contribution in [2.75, 3.05) is 13.2 Å². The van der Waals surface area contributed by atoms with Gasteiger partial charge in [0.2, 0.25) is 5.91 Å². The number of rotatable bonds is 49. The van der Waals surface area contributed by atoms with Crippen molar-refractivity contribution in [3.8, 4) is 0 Å². The van der Waals surface area contributed by atoms with Crippen LogP contribution in [0.2, 0.25) is 0 Å². The summed E-state index contributed by atoms with van der Waals surface area (Å²) in [5.74, 6) is -0.191. The number of nitrogens with one attached hydrogen (secondary N) is 1. The van der Waals surface area contributed by atoms with Gasteiger partial charge in [0.25, 0.3) is 0 Å². The second kappa shape index (κ2) is 48.8. The van der Waals surface area contributed by atoms with E-state index in [1.807, 2.05) is 6.08 Å². The molecular weight excluding hydrogens is 851 g/mol. The fourth-order valence-corrected chi connectivity index (χ4v) is 9.01. The van der Waals surface area contributed by atoms with E-state index in [9.17, 15) is 30.3 Å². The Labute approximate surface area is 418 Å². The first kappa shape index (κ1) is 64.2. The second-order valence-electron chi connectivity index (χ2n) is 20.1. The van der Waals surface area contributed by atoms with Crippen molar-refractivity contribution in [1.29, 1.82) is 0 Å². The Kier molecular flexibility index (Phi) is 46.0. The highest BCUT2D eigenvalue weighted by atomic mass is 16.7. The third-order valence-corrected chi connectivity index (χ3v) is 13.6. The summed E-state index contributed by atoms with van der Waals surface area (Å²) in [5.41, 5.74) is 0. The van der Waals surface area contributed by atoms with Crippen LogP contribution in [0.4, 0.5) is 0 Å². The number of hydrogen-bond donors (Lipinski definition) is 6. The largest absolute Gasteiger partial charge is 0.394 e. The highest BCUT2D eigenvalue weighted by Gasteiger charge is 2.44. The number of unbranched alkanes of at least 4 members (excludes halogenated alkanes) is 33. The first-order valence-corrected chi connectivity index (χ1v) is 28.9. The number of carbonyl (C=O) groups excluding carboxylic acids is 1. The van der Waals surface area contributed by atoms with Crippen LogP contribution in [0.1, 0.15) is 264 Å². The molecule has 0 aliphatic carbocycles. The fourth-order valence-electron chi connectivity index (χ4n) is 9.01. The van der Waals surface area contributed by atoms with Gasteiger partial charge in [-0.3, -0.25) is 4.79 Å². The van der Waals surface area contributed by atoms with E-state index in [1.54, 1.807) is 6.08 Å². The van der Waals surface area contributed by atoms with Crippen LogP contribution in [-0.4, -0.2) is 87.5 Å². The third-order valence-electron chi connectivity index (χ3n) is 13.6. The van der Waals surface area contributed by atoms with Gasteiger partial charge >= 0.3 is 0 Å². The van der Waals surface area contributed by atoms with Crippen LogP contribution in [0.15, 0.2) is 48.6 Å². The molecule has 1 heterocycles. The highest BCUT2D eigenvalue weighted by Crippen LogP contribution is 2.23. The Hall–Kier alpha value is -1.85. The van der Waals surface area contributed by atoms with E-state index in [1.165, 1.54) is 199 Å². The fraction of sp³-hybridized carbons (Fsp3) is 0.847. The van der Waals surface area contributed by atoms with Crippen molar-refractivity contribution < 1.29 is 39.8 Å². The Morgan fingerprint density at radius 3 is 1.24 bits per heavy atom. The van der Waals surface area contributed by atoms with Crippen LogP contribution in [0.25, 0.3) is 0 Å². The summed E-state index contributed by atoms with van der Waals surface area (Å²) in [6.45, 7) is 3.78. The van der Waals surface area contributed by atoms with Crippen LogP contribution in [0.5, 0.6) is 0 Å². The van der Waals surface area contributed by atoms with Gasteiger partial charge in [-0.05, 0) is 70.6 Å². The monoisotopic (exact) mass is 960 g/mol. The lowest BCUT2D eigenvalue weighted by Gasteiger charge is -2.40. The van der Waals surface area contributed by atoms with Crippen LogP contribution in [-0.2, 0) is 14.3 Å². The van der Waals surface area contributed by atoms with Gasteiger partial charge in [0.1, 0.15) is 24.4 Å². The summed E-state index contributed by atoms with van der Waals surface area (Å²) in [4.78, 5) is 13.0. The molecule has 1 saturated heterocycles. The van der Waals surface area contributed by atoms with E-state index in [2.05, 4.69) is 55.6 Å². The molecule has 0 aromatic carbocycles. The lowest BCUT2D eigenvalue weighted by atomic mass is 9.99. The van der Waals surface area contributed by atoms with Gasteiger partial charge in [0.15, 0.2) is 6.29 Å². The molecule has 7 atom stereocenters. The molecule has 1 aliphatic rings. The number of aliphatic hydroxyl groups excluding tert-OH is 5. The minimum atomic E-state index is -1.58. The zero-order valence-corrected chi connectivity index (χ0v) is 44.1. The molecule has 0 spiro atoms. The minimum absolute atomic E-state index is 0.191. The second-order valence-corrected chi connectivity index (χ2v) is 20.1. The van der Waals surface area contributed by atoms with Crippen molar-refractivity contribution in [2.24, 2.45) is 0 Å². The van der Waals surface area contributed by atoms with E-state index in [4.69, 9.17) is 9.47 Å². The number of carbonyl (C=O) groups is 1. The average molecular weight is 961 g/mol. The van der Waals surface area contributed by atoms with Gasteiger partial charge in [-0.1, -0.05) is 236 Å². The molecule has 9 nitrogen and oxygen atoms in total. The summed E-state index contributed by atoms with van der Waals surface area (Å²) in [6, 6.07) is -0.830. The summed E-state index contributed by atoms with van der Waals surface area (Å²) in [7, 11) is 0. The molecule has 1 aliphatic heterocycles. The number of allylic oxidation sites excluding steroid dienone is 7. The molecule has 0 radical (unpaired) electrons. The molecule has 0 aromatic heterocycles. The van der Waals surface area contributed by atoms with Gasteiger partial charge in [0, 0.05) is 6.42 Å². The molecule has 9 heteroatoms. The van der Waals surface area contributed by atoms with Gasteiger partial charge in [-0.2, -0.15) is 0 Å². The standard InChI is InChI=1S/C59H109NO8/c1-3-5-7-9-11-13-15-17-19-21-23-24-25-26-27-28-29-31-33-35-37-39-41-43-45-47-49-55(63)60-52(51-67-59-58(66)57(65)56(64)54(50-61)68-59)53(62)48-46-44-42-40-38-36-34-32-30-22-20-18-16-14-12-10-8-6-4-2/h26-27,30,32,38,40,46,48,52-54,56-59,61-62,64-66H,3-25,28-29,31,33-37,39,41-45,47,49-51H2,1-2H3,(H,60,63)/b27-26-,32-30+,40-38+,48-46+. The van der Waals surface area contributed by atoms with Crippen LogP contribution >= 0.6 is 0 Å². The van der Waals surface area contributed by atoms with Crippen molar-refractivity contribution >= 4 is 5.91 Å². The lowest BCUT2D eigenvalue weighted by Crippen LogP contribution is -2.60. The molecule has 0 aromatic rings. The van der Waals surface area contributed by atoms with Gasteiger partial charge in [-0.25, -0.2) is 0 Å². The molecule has 6 N–H and O–H groups in total. The zero-order valence-electron chi connectivity index (χ0n) is 44.1. The van der Waals surface area contributed by atoms with E-state index < -0.39 is 49.5 Å². The predicted octanol–water partition coefficient (Wildman–Crippen LogP) is 14.1. The summed E-state index contributed by atoms with van der Waals surface area (Å²) in [6.07, 6.45) is 57.5. The van der Waals surface area contributed by atoms with E-state index in [-0.39, 0.29) is 12.5 Å². The molecular formula is C59H109NO8. The van der Waals surface area contributed by atoms with Crippen molar-refractivity contribution in [2.45, 2.75) is 307 Å². The first-order valence-electron chi connectivity index (χ1n) is 28.9. The van der Waals surface area contributed by atoms with Gasteiger partial charge < -0.3 is 40.3 Å². The highest BCUT2D eigenvalue weighted by molar-refractivity contribution is 5.76. The lowest BCUT2D eigenvalue weighted by molar-refractivity contribution is -0.302.